The van der Waals surface area contributed by atoms with Crippen molar-refractivity contribution in [3.05, 3.63) is 78.1 Å². The Morgan fingerprint density at radius 3 is 2.50 bits per heavy atom. The number of carbonyl (C=O) groups excluding carboxylic acids is 1. The Bertz CT molecular complexity index is 1340. The van der Waals surface area contributed by atoms with Crippen molar-refractivity contribution in [3.63, 3.8) is 0 Å². The lowest BCUT2D eigenvalue weighted by Gasteiger charge is -2.07. The van der Waals surface area contributed by atoms with Gasteiger partial charge in [0, 0.05) is 11.1 Å². The predicted octanol–water partition coefficient (Wildman–Crippen LogP) is 3.66. The number of hydrogen-bond donors (Lipinski definition) is 2. The molecule has 8 heteroatoms. The predicted molar refractivity (Wildman–Crippen MR) is 114 cm³/mol. The van der Waals surface area contributed by atoms with Crippen LogP contribution in [0.25, 0.3) is 22.2 Å². The Balaban J connectivity index is 1.58. The maximum atomic E-state index is 11.9. The Hall–Kier alpha value is -3.49. The SMILES string of the molecule is CC(=O)c1ccc(OCc2nc3cc(-c4ccccc4S(N)(=O)=O)ccc3[nH]2)cc1. The van der Waals surface area contributed by atoms with Gasteiger partial charge < -0.3 is 9.72 Å². The number of imidazole rings is 1. The summed E-state index contributed by atoms with van der Waals surface area (Å²) in [5.41, 5.74) is 3.33. The van der Waals surface area contributed by atoms with Gasteiger partial charge in [-0.2, -0.15) is 0 Å². The van der Waals surface area contributed by atoms with Gasteiger partial charge in [0.2, 0.25) is 10.0 Å². The molecule has 0 saturated carbocycles. The van der Waals surface area contributed by atoms with Crippen molar-refractivity contribution in [2.45, 2.75) is 18.4 Å². The average Bonchev–Trinajstić information content (AvgIpc) is 3.14. The third-order valence-corrected chi connectivity index (χ3v) is 5.64. The molecule has 0 spiro atoms. The second kappa shape index (κ2) is 7.74. The normalized spacial score (nSPS) is 11.5. The number of rotatable bonds is 6. The molecule has 0 unspecified atom stereocenters. The van der Waals surface area contributed by atoms with Gasteiger partial charge in [0.05, 0.1) is 15.9 Å². The number of hydrogen-bond acceptors (Lipinski definition) is 5. The summed E-state index contributed by atoms with van der Waals surface area (Å²) in [5, 5.41) is 5.35. The van der Waals surface area contributed by atoms with E-state index in [1.165, 1.54) is 13.0 Å². The molecule has 3 N–H and O–H groups in total. The first-order valence-corrected chi connectivity index (χ1v) is 10.7. The molecule has 0 fully saturated rings. The number of ketones is 1. The molecule has 0 amide bonds. The minimum atomic E-state index is -3.85. The molecule has 0 radical (unpaired) electrons. The highest BCUT2D eigenvalue weighted by Gasteiger charge is 2.15. The van der Waals surface area contributed by atoms with E-state index in [2.05, 4.69) is 9.97 Å². The molecule has 0 bridgehead atoms. The van der Waals surface area contributed by atoms with E-state index in [-0.39, 0.29) is 17.3 Å². The summed E-state index contributed by atoms with van der Waals surface area (Å²) in [5.74, 6) is 1.25. The van der Waals surface area contributed by atoms with Crippen LogP contribution in [-0.2, 0) is 16.6 Å². The van der Waals surface area contributed by atoms with E-state index in [1.54, 1.807) is 48.5 Å². The monoisotopic (exact) mass is 421 g/mol. The minimum absolute atomic E-state index is 0.00125. The summed E-state index contributed by atoms with van der Waals surface area (Å²) in [6.07, 6.45) is 0. The molecular formula is C22H19N3O4S. The van der Waals surface area contributed by atoms with Crippen LogP contribution < -0.4 is 9.88 Å². The van der Waals surface area contributed by atoms with Crippen LogP contribution in [0.15, 0.2) is 71.6 Å². The molecule has 0 saturated heterocycles. The minimum Gasteiger partial charge on any atom is -0.486 e. The van der Waals surface area contributed by atoms with Crippen molar-refractivity contribution in [2.24, 2.45) is 5.14 Å². The molecule has 30 heavy (non-hydrogen) atoms. The highest BCUT2D eigenvalue weighted by Crippen LogP contribution is 2.28. The van der Waals surface area contributed by atoms with Crippen molar-refractivity contribution < 1.29 is 17.9 Å². The third kappa shape index (κ3) is 4.10. The summed E-state index contributed by atoms with van der Waals surface area (Å²) < 4.78 is 29.5. The van der Waals surface area contributed by atoms with Gasteiger partial charge in [-0.05, 0) is 55.0 Å². The Labute approximate surface area is 173 Å². The first kappa shape index (κ1) is 19.8. The van der Waals surface area contributed by atoms with Crippen LogP contribution in [0.2, 0.25) is 0 Å². The number of benzene rings is 3. The first-order valence-electron chi connectivity index (χ1n) is 9.16. The molecule has 3 aromatic carbocycles. The second-order valence-electron chi connectivity index (χ2n) is 6.83. The largest absolute Gasteiger partial charge is 0.486 e. The molecule has 0 aliphatic heterocycles. The molecule has 4 rings (SSSR count). The molecule has 1 heterocycles. The van der Waals surface area contributed by atoms with Crippen molar-refractivity contribution in [2.75, 3.05) is 0 Å². The summed E-state index contributed by atoms with van der Waals surface area (Å²) in [6.45, 7) is 1.73. The van der Waals surface area contributed by atoms with Crippen LogP contribution in [0.4, 0.5) is 0 Å². The molecule has 1 aromatic heterocycles. The maximum Gasteiger partial charge on any atom is 0.238 e. The molecule has 4 aromatic rings. The van der Waals surface area contributed by atoms with Gasteiger partial charge in [0.25, 0.3) is 0 Å². The smallest absolute Gasteiger partial charge is 0.238 e. The molecular weight excluding hydrogens is 402 g/mol. The quantitative estimate of drug-likeness (QED) is 0.461. The average molecular weight is 421 g/mol. The summed E-state index contributed by atoms with van der Waals surface area (Å²) in [7, 11) is -3.85. The van der Waals surface area contributed by atoms with Gasteiger partial charge in [0.1, 0.15) is 18.2 Å². The summed E-state index contributed by atoms with van der Waals surface area (Å²) >= 11 is 0. The second-order valence-corrected chi connectivity index (χ2v) is 8.36. The fourth-order valence-corrected chi connectivity index (χ4v) is 3.95. The number of nitrogens with one attached hydrogen (secondary N) is 1. The number of nitrogens with zero attached hydrogens (tertiary/aromatic N) is 1. The topological polar surface area (TPSA) is 115 Å². The number of H-pyrrole nitrogens is 1. The molecule has 7 nitrogen and oxygen atoms in total. The van der Waals surface area contributed by atoms with E-state index in [4.69, 9.17) is 9.88 Å². The van der Waals surface area contributed by atoms with Crippen LogP contribution >= 0.6 is 0 Å². The van der Waals surface area contributed by atoms with E-state index in [9.17, 15) is 13.2 Å². The van der Waals surface area contributed by atoms with Gasteiger partial charge in [-0.1, -0.05) is 24.3 Å². The Morgan fingerprint density at radius 2 is 1.80 bits per heavy atom. The number of ether oxygens (including phenoxy) is 1. The van der Waals surface area contributed by atoms with Gasteiger partial charge in [0.15, 0.2) is 5.78 Å². The zero-order chi connectivity index (χ0) is 21.3. The van der Waals surface area contributed by atoms with Crippen molar-refractivity contribution in [1.82, 2.24) is 9.97 Å². The maximum absolute atomic E-state index is 11.9. The highest BCUT2D eigenvalue weighted by molar-refractivity contribution is 7.89. The fraction of sp³-hybridized carbons (Fsp3) is 0.0909. The number of sulfonamides is 1. The standard InChI is InChI=1S/C22H19N3O4S/c1-14(26)15-6-9-17(10-7-15)29-13-22-24-19-11-8-16(12-20(19)25-22)18-4-2-3-5-21(18)30(23,27)28/h2-12H,13H2,1H3,(H,24,25)(H2,23,27,28). The van der Waals surface area contributed by atoms with Crippen LogP contribution in [0.1, 0.15) is 23.1 Å². The number of aromatic nitrogens is 2. The Morgan fingerprint density at radius 1 is 1.07 bits per heavy atom. The van der Waals surface area contributed by atoms with Gasteiger partial charge >= 0.3 is 0 Å². The van der Waals surface area contributed by atoms with Crippen LogP contribution in [0.3, 0.4) is 0 Å². The van der Waals surface area contributed by atoms with E-state index >= 15 is 0 Å². The van der Waals surface area contributed by atoms with Crippen LogP contribution in [0, 0.1) is 0 Å². The molecule has 0 aliphatic carbocycles. The number of Topliss-reactive ketones (excluding diaryl/α,β-unsaturated/α-hetero) is 1. The molecule has 152 valence electrons. The third-order valence-electron chi connectivity index (χ3n) is 4.67. The van der Waals surface area contributed by atoms with Crippen LogP contribution in [-0.4, -0.2) is 24.2 Å². The van der Waals surface area contributed by atoms with Crippen molar-refractivity contribution in [1.29, 1.82) is 0 Å². The lowest BCUT2D eigenvalue weighted by molar-refractivity contribution is 0.101. The zero-order valence-electron chi connectivity index (χ0n) is 16.1. The van der Waals surface area contributed by atoms with E-state index in [0.29, 0.717) is 33.8 Å². The number of fused-ring (bicyclic) bond motifs is 1. The van der Waals surface area contributed by atoms with Crippen molar-refractivity contribution >= 4 is 26.8 Å². The number of aromatic amines is 1. The van der Waals surface area contributed by atoms with E-state index < -0.39 is 10.0 Å². The highest BCUT2D eigenvalue weighted by atomic mass is 32.2. The first-order chi connectivity index (χ1) is 14.3. The van der Waals surface area contributed by atoms with E-state index in [1.807, 2.05) is 12.1 Å². The summed E-state index contributed by atoms with van der Waals surface area (Å²) in [4.78, 5) is 19.1. The lowest BCUT2D eigenvalue weighted by Crippen LogP contribution is -2.13. The molecule has 0 atom stereocenters. The van der Waals surface area contributed by atoms with Crippen LogP contribution in [0.5, 0.6) is 5.75 Å². The fourth-order valence-electron chi connectivity index (χ4n) is 3.19. The van der Waals surface area contributed by atoms with Gasteiger partial charge in [-0.15, -0.1) is 0 Å². The summed E-state index contributed by atoms with van der Waals surface area (Å²) in [6, 6.07) is 18.9. The molecule has 0 aliphatic rings. The number of primary sulfonamides is 1. The van der Waals surface area contributed by atoms with Gasteiger partial charge in [-0.25, -0.2) is 18.5 Å². The van der Waals surface area contributed by atoms with Gasteiger partial charge in [-0.3, -0.25) is 4.79 Å². The Kier molecular flexibility index (Phi) is 5.11. The lowest BCUT2D eigenvalue weighted by atomic mass is 10.1. The number of carbonyl (C=O) groups is 1. The zero-order valence-corrected chi connectivity index (χ0v) is 16.9. The van der Waals surface area contributed by atoms with E-state index in [0.717, 1.165) is 5.52 Å². The number of nitrogens with two attached hydrogens (primary N) is 1. The van der Waals surface area contributed by atoms with Crippen molar-refractivity contribution in [3.8, 4) is 16.9 Å².